The van der Waals surface area contributed by atoms with E-state index in [-0.39, 0.29) is 0 Å². The number of hydrogen-bond acceptors (Lipinski definition) is 2. The fourth-order valence-electron chi connectivity index (χ4n) is 2.40. The maximum absolute atomic E-state index is 3.45. The molecule has 1 aromatic heterocycles. The third-order valence-corrected chi connectivity index (χ3v) is 4.18. The van der Waals surface area contributed by atoms with Gasteiger partial charge in [-0.15, -0.1) is 0 Å². The molecule has 18 heavy (non-hydrogen) atoms. The summed E-state index contributed by atoms with van der Waals surface area (Å²) in [5.41, 5.74) is 5.65. The van der Waals surface area contributed by atoms with Crippen molar-refractivity contribution in [3.63, 3.8) is 0 Å². The van der Waals surface area contributed by atoms with Crippen molar-refractivity contribution in [1.82, 2.24) is 5.32 Å². The monoisotopic (exact) mass is 259 g/mol. The van der Waals surface area contributed by atoms with Crippen LogP contribution in [0.25, 0.3) is 0 Å². The highest BCUT2D eigenvalue weighted by molar-refractivity contribution is 7.08. The topological polar surface area (TPSA) is 12.0 Å². The highest BCUT2D eigenvalue weighted by Gasteiger charge is 2.15. The fourth-order valence-corrected chi connectivity index (χ4v) is 3.08. The van der Waals surface area contributed by atoms with Crippen LogP contribution in [0.4, 0.5) is 0 Å². The minimum Gasteiger partial charge on any atom is -0.309 e. The van der Waals surface area contributed by atoms with Gasteiger partial charge in [0.15, 0.2) is 0 Å². The molecular weight excluding hydrogens is 238 g/mol. The van der Waals surface area contributed by atoms with Crippen LogP contribution < -0.4 is 5.32 Å². The summed E-state index contributed by atoms with van der Waals surface area (Å²) < 4.78 is 0. The van der Waals surface area contributed by atoms with Crippen molar-refractivity contribution >= 4 is 11.3 Å². The standard InChI is InChI=1S/C16H21NS/c1-4-12-6-7-13(5-2)15(10-12)16(17-3)14-8-9-18-11-14/h6-11,16-17H,4-5H2,1-3H3. The van der Waals surface area contributed by atoms with Gasteiger partial charge in [0.25, 0.3) is 0 Å². The van der Waals surface area contributed by atoms with Gasteiger partial charge >= 0.3 is 0 Å². The van der Waals surface area contributed by atoms with E-state index in [4.69, 9.17) is 0 Å². The van der Waals surface area contributed by atoms with Gasteiger partial charge in [-0.25, -0.2) is 0 Å². The lowest BCUT2D eigenvalue weighted by atomic mass is 9.92. The van der Waals surface area contributed by atoms with Gasteiger partial charge in [-0.2, -0.15) is 11.3 Å². The normalized spacial score (nSPS) is 12.6. The molecule has 0 saturated heterocycles. The maximum atomic E-state index is 3.45. The molecule has 0 saturated carbocycles. The molecule has 0 radical (unpaired) electrons. The zero-order valence-electron chi connectivity index (χ0n) is 11.4. The van der Waals surface area contributed by atoms with E-state index in [9.17, 15) is 0 Å². The highest BCUT2D eigenvalue weighted by Crippen LogP contribution is 2.28. The predicted molar refractivity (Wildman–Crippen MR) is 80.4 cm³/mol. The van der Waals surface area contributed by atoms with Crippen molar-refractivity contribution < 1.29 is 0 Å². The summed E-state index contributed by atoms with van der Waals surface area (Å²) in [6.45, 7) is 4.44. The second-order valence-corrected chi connectivity index (χ2v) is 5.30. The molecule has 2 rings (SSSR count). The zero-order chi connectivity index (χ0) is 13.0. The van der Waals surface area contributed by atoms with Crippen LogP contribution in [-0.2, 0) is 12.8 Å². The number of nitrogens with one attached hydrogen (secondary N) is 1. The molecule has 0 bridgehead atoms. The van der Waals surface area contributed by atoms with E-state index in [1.165, 1.54) is 22.3 Å². The lowest BCUT2D eigenvalue weighted by Gasteiger charge is -2.20. The van der Waals surface area contributed by atoms with E-state index < -0.39 is 0 Å². The first kappa shape index (κ1) is 13.3. The quantitative estimate of drug-likeness (QED) is 0.849. The third kappa shape index (κ3) is 2.65. The van der Waals surface area contributed by atoms with Crippen LogP contribution >= 0.6 is 11.3 Å². The first-order valence-electron chi connectivity index (χ1n) is 6.61. The molecule has 2 aromatic rings. The highest BCUT2D eigenvalue weighted by atomic mass is 32.1. The van der Waals surface area contributed by atoms with Crippen LogP contribution in [-0.4, -0.2) is 7.05 Å². The molecule has 1 atom stereocenters. The van der Waals surface area contributed by atoms with Crippen molar-refractivity contribution in [1.29, 1.82) is 0 Å². The Morgan fingerprint density at radius 3 is 2.56 bits per heavy atom. The molecule has 0 aliphatic rings. The first-order chi connectivity index (χ1) is 8.80. The summed E-state index contributed by atoms with van der Waals surface area (Å²) >= 11 is 1.76. The number of benzene rings is 1. The van der Waals surface area contributed by atoms with E-state index in [1.54, 1.807) is 11.3 Å². The molecule has 0 aliphatic carbocycles. The van der Waals surface area contributed by atoms with E-state index in [2.05, 4.69) is 54.2 Å². The smallest absolute Gasteiger partial charge is 0.0585 e. The Kier molecular flexibility index (Phi) is 4.56. The number of rotatable bonds is 5. The zero-order valence-corrected chi connectivity index (χ0v) is 12.2. The molecule has 1 heterocycles. The first-order valence-corrected chi connectivity index (χ1v) is 7.55. The van der Waals surface area contributed by atoms with E-state index in [0.29, 0.717) is 6.04 Å². The Hall–Kier alpha value is -1.12. The van der Waals surface area contributed by atoms with Crippen molar-refractivity contribution in [2.45, 2.75) is 32.7 Å². The molecule has 1 N–H and O–H groups in total. The Balaban J connectivity index is 2.46. The predicted octanol–water partition coefficient (Wildman–Crippen LogP) is 4.18. The molecule has 1 aromatic carbocycles. The van der Waals surface area contributed by atoms with Crippen molar-refractivity contribution in [3.8, 4) is 0 Å². The minimum absolute atomic E-state index is 0.317. The molecule has 0 spiro atoms. The Morgan fingerprint density at radius 2 is 2.00 bits per heavy atom. The second kappa shape index (κ2) is 6.17. The third-order valence-electron chi connectivity index (χ3n) is 3.48. The maximum Gasteiger partial charge on any atom is 0.0585 e. The molecule has 1 unspecified atom stereocenters. The van der Waals surface area contributed by atoms with Crippen LogP contribution in [0, 0.1) is 0 Å². The summed E-state index contributed by atoms with van der Waals surface area (Å²) in [6, 6.07) is 9.42. The van der Waals surface area contributed by atoms with Crippen molar-refractivity contribution in [2.24, 2.45) is 0 Å². The van der Waals surface area contributed by atoms with Gasteiger partial charge in [-0.3, -0.25) is 0 Å². The second-order valence-electron chi connectivity index (χ2n) is 4.52. The van der Waals surface area contributed by atoms with Gasteiger partial charge < -0.3 is 5.32 Å². The van der Waals surface area contributed by atoms with E-state index in [0.717, 1.165) is 12.8 Å². The Morgan fingerprint density at radius 1 is 1.17 bits per heavy atom. The van der Waals surface area contributed by atoms with Crippen LogP contribution in [0.5, 0.6) is 0 Å². The molecule has 2 heteroatoms. The Bertz CT molecular complexity index is 488. The summed E-state index contributed by atoms with van der Waals surface area (Å²) in [5, 5.41) is 7.84. The minimum atomic E-state index is 0.317. The summed E-state index contributed by atoms with van der Waals surface area (Å²) in [5.74, 6) is 0. The molecule has 0 aliphatic heterocycles. The van der Waals surface area contributed by atoms with Gasteiger partial charge in [0.05, 0.1) is 6.04 Å². The summed E-state index contributed by atoms with van der Waals surface area (Å²) in [7, 11) is 2.04. The molecular formula is C16H21NS. The van der Waals surface area contributed by atoms with Crippen LogP contribution in [0.3, 0.4) is 0 Å². The van der Waals surface area contributed by atoms with Crippen molar-refractivity contribution in [2.75, 3.05) is 7.05 Å². The number of thiophene rings is 1. The average molecular weight is 259 g/mol. The largest absolute Gasteiger partial charge is 0.309 e. The summed E-state index contributed by atoms with van der Waals surface area (Å²) in [6.07, 6.45) is 2.18. The van der Waals surface area contributed by atoms with E-state index >= 15 is 0 Å². The number of aryl methyl sites for hydroxylation is 2. The van der Waals surface area contributed by atoms with E-state index in [1.807, 2.05) is 7.05 Å². The fraction of sp³-hybridized carbons (Fsp3) is 0.375. The lowest BCUT2D eigenvalue weighted by Crippen LogP contribution is -2.18. The van der Waals surface area contributed by atoms with Gasteiger partial charge in [-0.05, 0) is 59.0 Å². The van der Waals surface area contributed by atoms with Gasteiger partial charge in [0, 0.05) is 0 Å². The SMILES string of the molecule is CCc1ccc(CC)c(C(NC)c2ccsc2)c1. The molecule has 0 amide bonds. The van der Waals surface area contributed by atoms with Gasteiger partial charge in [0.1, 0.15) is 0 Å². The Labute approximate surface area is 114 Å². The van der Waals surface area contributed by atoms with Crippen molar-refractivity contribution in [3.05, 3.63) is 57.3 Å². The van der Waals surface area contributed by atoms with Gasteiger partial charge in [-0.1, -0.05) is 32.0 Å². The lowest BCUT2D eigenvalue weighted by molar-refractivity contribution is 0.685. The molecule has 96 valence electrons. The summed E-state index contributed by atoms with van der Waals surface area (Å²) in [4.78, 5) is 0. The molecule has 0 fully saturated rings. The number of hydrogen-bond donors (Lipinski definition) is 1. The van der Waals surface area contributed by atoms with Crippen LogP contribution in [0.1, 0.15) is 42.1 Å². The van der Waals surface area contributed by atoms with Gasteiger partial charge in [0.2, 0.25) is 0 Å². The van der Waals surface area contributed by atoms with Crippen LogP contribution in [0.15, 0.2) is 35.0 Å². The molecule has 1 nitrogen and oxygen atoms in total. The average Bonchev–Trinajstić information content (AvgIpc) is 2.93. The van der Waals surface area contributed by atoms with Crippen LogP contribution in [0.2, 0.25) is 0 Å².